The highest BCUT2D eigenvalue weighted by molar-refractivity contribution is 7.99. The Morgan fingerprint density at radius 2 is 2.03 bits per heavy atom. The lowest BCUT2D eigenvalue weighted by Crippen LogP contribution is -2.27. The summed E-state index contributed by atoms with van der Waals surface area (Å²) in [4.78, 5) is 34.7. The average molecular weight is 440 g/mol. The molecule has 3 heterocycles. The zero-order chi connectivity index (χ0) is 20.7. The Balaban J connectivity index is 1.56. The molecule has 3 aromatic rings. The number of thioether (sulfide) groups is 1. The highest BCUT2D eigenvalue weighted by Gasteiger charge is 2.25. The van der Waals surface area contributed by atoms with Gasteiger partial charge in [0.15, 0.2) is 5.16 Å². The van der Waals surface area contributed by atoms with E-state index in [0.29, 0.717) is 18.9 Å². The van der Waals surface area contributed by atoms with Gasteiger partial charge in [0, 0.05) is 30.1 Å². The van der Waals surface area contributed by atoms with Crippen LogP contribution in [0, 0.1) is 5.92 Å². The minimum Gasteiger partial charge on any atom is -0.342 e. The van der Waals surface area contributed by atoms with Crippen LogP contribution >= 0.6 is 23.1 Å². The molecule has 1 aromatic carbocycles. The molecule has 0 N–H and O–H groups in total. The number of hydrogen-bond acceptors (Lipinski definition) is 5. The fourth-order valence-electron chi connectivity index (χ4n) is 4.46. The quantitative estimate of drug-likeness (QED) is 0.440. The Morgan fingerprint density at radius 3 is 2.80 bits per heavy atom. The molecule has 30 heavy (non-hydrogen) atoms. The maximum absolute atomic E-state index is 13.7. The molecule has 1 saturated heterocycles. The number of rotatable bonds is 5. The van der Waals surface area contributed by atoms with E-state index in [1.165, 1.54) is 10.4 Å². The van der Waals surface area contributed by atoms with Crippen molar-refractivity contribution in [1.29, 1.82) is 0 Å². The summed E-state index contributed by atoms with van der Waals surface area (Å²) in [6.45, 7) is 3.82. The largest absolute Gasteiger partial charge is 0.342 e. The molecule has 1 aliphatic heterocycles. The number of hydrogen-bond donors (Lipinski definition) is 0. The lowest BCUT2D eigenvalue weighted by molar-refractivity contribution is -0.127. The fraction of sp³-hybridized carbons (Fsp3) is 0.435. The van der Waals surface area contributed by atoms with Crippen molar-refractivity contribution < 1.29 is 4.79 Å². The van der Waals surface area contributed by atoms with Crippen molar-refractivity contribution in [3.63, 3.8) is 0 Å². The number of aromatic nitrogens is 2. The topological polar surface area (TPSA) is 55.2 Å². The third-order valence-corrected chi connectivity index (χ3v) is 8.14. The van der Waals surface area contributed by atoms with Gasteiger partial charge in [0.2, 0.25) is 5.91 Å². The summed E-state index contributed by atoms with van der Waals surface area (Å²) in [5.74, 6) is 1.63. The number of nitrogens with zero attached hydrogens (tertiary/aromatic N) is 3. The molecule has 1 fully saturated rings. The highest BCUT2D eigenvalue weighted by atomic mass is 32.2. The number of carbonyl (C=O) groups excluding carboxylic acids is 1. The van der Waals surface area contributed by atoms with Crippen LogP contribution in [0.2, 0.25) is 0 Å². The third-order valence-electron chi connectivity index (χ3n) is 6.08. The maximum Gasteiger partial charge on any atom is 0.267 e. The Bertz CT molecular complexity index is 1150. The van der Waals surface area contributed by atoms with Gasteiger partial charge in [-0.05, 0) is 49.3 Å². The van der Waals surface area contributed by atoms with Gasteiger partial charge in [-0.1, -0.05) is 36.9 Å². The normalized spacial score (nSPS) is 18.9. The van der Waals surface area contributed by atoms with E-state index in [0.717, 1.165) is 59.0 Å². The Hall–Kier alpha value is -2.12. The number of likely N-dealkylation sites (tertiary alicyclic amines) is 1. The first-order chi connectivity index (χ1) is 14.6. The van der Waals surface area contributed by atoms with E-state index in [9.17, 15) is 9.59 Å². The first-order valence-electron chi connectivity index (χ1n) is 10.6. The molecule has 5 rings (SSSR count). The van der Waals surface area contributed by atoms with Gasteiger partial charge in [-0.25, -0.2) is 4.98 Å². The van der Waals surface area contributed by atoms with E-state index in [1.807, 2.05) is 35.2 Å². The molecule has 7 heteroatoms. The van der Waals surface area contributed by atoms with Crippen LogP contribution < -0.4 is 5.56 Å². The first-order valence-corrected chi connectivity index (χ1v) is 12.5. The molecule has 0 saturated carbocycles. The highest BCUT2D eigenvalue weighted by Crippen LogP contribution is 2.37. The van der Waals surface area contributed by atoms with Crippen LogP contribution in [0.3, 0.4) is 0 Å². The molecule has 0 radical (unpaired) electrons. The molecule has 0 bridgehead atoms. The van der Waals surface area contributed by atoms with E-state index >= 15 is 0 Å². The molecule has 2 aromatic heterocycles. The van der Waals surface area contributed by atoms with Gasteiger partial charge in [-0.15, -0.1) is 11.3 Å². The minimum absolute atomic E-state index is 0.0398. The summed E-state index contributed by atoms with van der Waals surface area (Å²) < 4.78 is 1.77. The Morgan fingerprint density at radius 1 is 1.20 bits per heavy atom. The van der Waals surface area contributed by atoms with Gasteiger partial charge in [0.05, 0.1) is 11.1 Å². The van der Waals surface area contributed by atoms with Gasteiger partial charge >= 0.3 is 0 Å². The van der Waals surface area contributed by atoms with Crippen molar-refractivity contribution in [3.05, 3.63) is 51.1 Å². The number of fused-ring (bicyclic) bond motifs is 3. The van der Waals surface area contributed by atoms with Crippen molar-refractivity contribution >= 4 is 39.2 Å². The molecule has 0 spiro atoms. The second kappa shape index (κ2) is 8.19. The number of para-hydroxylation sites is 1. The van der Waals surface area contributed by atoms with Crippen LogP contribution in [0.1, 0.15) is 36.6 Å². The smallest absolute Gasteiger partial charge is 0.267 e. The van der Waals surface area contributed by atoms with Crippen molar-refractivity contribution in [1.82, 2.24) is 14.5 Å². The maximum atomic E-state index is 13.7. The fourth-order valence-corrected chi connectivity index (χ4v) is 6.86. The first kappa shape index (κ1) is 19.8. The third kappa shape index (κ3) is 3.58. The number of carbonyl (C=O) groups is 1. The van der Waals surface area contributed by atoms with E-state index in [4.69, 9.17) is 4.98 Å². The molecule has 1 amide bonds. The van der Waals surface area contributed by atoms with Gasteiger partial charge in [-0.2, -0.15) is 0 Å². The van der Waals surface area contributed by atoms with Crippen LogP contribution in [-0.2, 0) is 17.6 Å². The van der Waals surface area contributed by atoms with Crippen molar-refractivity contribution in [2.45, 2.75) is 44.2 Å². The van der Waals surface area contributed by atoms with Crippen LogP contribution in [0.5, 0.6) is 0 Å². The SMILES string of the molecule is CC1CCc2c(sc3nc(SCCN4CCCC4=O)n(-c4ccccc4)c(=O)c23)C1. The predicted octanol–water partition coefficient (Wildman–Crippen LogP) is 4.29. The summed E-state index contributed by atoms with van der Waals surface area (Å²) >= 11 is 3.26. The number of aryl methyl sites for hydroxylation is 1. The van der Waals surface area contributed by atoms with E-state index in [-0.39, 0.29) is 11.5 Å². The standard InChI is InChI=1S/C23H25N3O2S2/c1-15-9-10-17-18(14-15)30-21-20(17)22(28)26(16-6-3-2-4-7-16)23(24-21)29-13-12-25-11-5-8-19(25)27/h2-4,6-7,15H,5,8-14H2,1H3. The van der Waals surface area contributed by atoms with E-state index in [2.05, 4.69) is 6.92 Å². The summed E-state index contributed by atoms with van der Waals surface area (Å²) in [7, 11) is 0. The minimum atomic E-state index is 0.0398. The lowest BCUT2D eigenvalue weighted by Gasteiger charge is -2.18. The van der Waals surface area contributed by atoms with Crippen LogP contribution in [0.15, 0.2) is 40.3 Å². The van der Waals surface area contributed by atoms with E-state index in [1.54, 1.807) is 27.7 Å². The lowest BCUT2D eigenvalue weighted by atomic mass is 9.89. The monoisotopic (exact) mass is 439 g/mol. The second-order valence-corrected chi connectivity index (χ2v) is 10.4. The molecule has 1 atom stereocenters. The van der Waals surface area contributed by atoms with Gasteiger partial charge < -0.3 is 4.90 Å². The van der Waals surface area contributed by atoms with Crippen LogP contribution in [-0.4, -0.2) is 39.2 Å². The molecule has 1 aliphatic carbocycles. The van der Waals surface area contributed by atoms with Crippen molar-refractivity contribution in [3.8, 4) is 5.69 Å². The summed E-state index contributed by atoms with van der Waals surface area (Å²) in [5.41, 5.74) is 2.10. The molecule has 5 nitrogen and oxygen atoms in total. The number of benzene rings is 1. The van der Waals surface area contributed by atoms with Crippen LogP contribution in [0.4, 0.5) is 0 Å². The molecular weight excluding hydrogens is 414 g/mol. The second-order valence-electron chi connectivity index (χ2n) is 8.24. The predicted molar refractivity (Wildman–Crippen MR) is 123 cm³/mol. The zero-order valence-electron chi connectivity index (χ0n) is 17.1. The van der Waals surface area contributed by atoms with Crippen molar-refractivity contribution in [2.24, 2.45) is 5.92 Å². The van der Waals surface area contributed by atoms with Gasteiger partial charge in [-0.3, -0.25) is 14.2 Å². The van der Waals surface area contributed by atoms with Gasteiger partial charge in [0.1, 0.15) is 4.83 Å². The molecule has 2 aliphatic rings. The summed E-state index contributed by atoms with van der Waals surface area (Å²) in [6.07, 6.45) is 4.74. The van der Waals surface area contributed by atoms with Crippen LogP contribution in [0.25, 0.3) is 15.9 Å². The summed E-state index contributed by atoms with van der Waals surface area (Å²) in [5, 5.41) is 1.53. The van der Waals surface area contributed by atoms with E-state index < -0.39 is 0 Å². The number of thiophene rings is 1. The molecule has 1 unspecified atom stereocenters. The van der Waals surface area contributed by atoms with Gasteiger partial charge in [0.25, 0.3) is 5.56 Å². The summed E-state index contributed by atoms with van der Waals surface area (Å²) in [6, 6.07) is 9.79. The molecular formula is C23H25N3O2S2. The number of amides is 1. The average Bonchev–Trinajstić information content (AvgIpc) is 3.31. The molecule has 156 valence electrons. The zero-order valence-corrected chi connectivity index (χ0v) is 18.7. The Labute approximate surface area is 184 Å². The van der Waals surface area contributed by atoms with Crippen molar-refractivity contribution in [2.75, 3.05) is 18.8 Å². The Kier molecular flexibility index (Phi) is 5.41.